The molecule has 0 aliphatic heterocycles. The van der Waals surface area contributed by atoms with Crippen LogP contribution in [0.25, 0.3) is 0 Å². The Morgan fingerprint density at radius 1 is 1.12 bits per heavy atom. The Morgan fingerprint density at radius 2 is 1.62 bits per heavy atom. The summed E-state index contributed by atoms with van der Waals surface area (Å²) in [4.78, 5) is 0.340. The molecule has 16 heavy (non-hydrogen) atoms. The Kier molecular flexibility index (Phi) is 3.76. The van der Waals surface area contributed by atoms with Crippen molar-refractivity contribution < 1.29 is 13.2 Å². The van der Waals surface area contributed by atoms with Gasteiger partial charge in [0.25, 0.3) is 0 Å². The molecule has 90 valence electrons. The maximum Gasteiger partial charge on any atom is 0.175 e. The number of benzene rings is 1. The van der Waals surface area contributed by atoms with Crippen LogP contribution in [0.1, 0.15) is 26.3 Å². The van der Waals surface area contributed by atoms with Crippen molar-refractivity contribution in [2.24, 2.45) is 0 Å². The minimum atomic E-state index is -3.10. The molecule has 1 rings (SSSR count). The number of hydrogen-bond donors (Lipinski definition) is 0. The van der Waals surface area contributed by atoms with Gasteiger partial charge in [0.15, 0.2) is 9.84 Å². The molecule has 1 aromatic carbocycles. The number of ether oxygens (including phenoxy) is 1. The Labute approximate surface area is 97.4 Å². The fraction of sp³-hybridized carbons (Fsp3) is 0.500. The van der Waals surface area contributed by atoms with E-state index in [2.05, 4.69) is 0 Å². The average molecular weight is 242 g/mol. The molecule has 1 aromatic rings. The van der Waals surface area contributed by atoms with Crippen molar-refractivity contribution >= 4 is 9.84 Å². The van der Waals surface area contributed by atoms with Crippen LogP contribution < -0.4 is 0 Å². The van der Waals surface area contributed by atoms with E-state index in [-0.39, 0.29) is 5.60 Å². The monoisotopic (exact) mass is 242 g/mol. The van der Waals surface area contributed by atoms with Gasteiger partial charge in [-0.25, -0.2) is 8.42 Å². The van der Waals surface area contributed by atoms with Gasteiger partial charge in [0.2, 0.25) is 0 Å². The zero-order valence-electron chi connectivity index (χ0n) is 10.1. The topological polar surface area (TPSA) is 43.4 Å². The summed E-state index contributed by atoms with van der Waals surface area (Å²) in [6.45, 7) is 6.45. The van der Waals surface area contributed by atoms with Gasteiger partial charge in [-0.2, -0.15) is 0 Å². The second-order valence-corrected chi connectivity index (χ2v) is 6.83. The number of hydrogen-bond acceptors (Lipinski definition) is 3. The smallest absolute Gasteiger partial charge is 0.175 e. The third-order valence-corrected chi connectivity index (χ3v) is 3.15. The molecule has 4 heteroatoms. The lowest BCUT2D eigenvalue weighted by atomic mass is 10.2. The first-order valence-electron chi connectivity index (χ1n) is 5.11. The van der Waals surface area contributed by atoms with E-state index in [1.54, 1.807) is 24.3 Å². The van der Waals surface area contributed by atoms with Gasteiger partial charge in [-0.05, 0) is 38.5 Å². The van der Waals surface area contributed by atoms with Crippen LogP contribution in [-0.2, 0) is 21.2 Å². The van der Waals surface area contributed by atoms with E-state index in [1.165, 1.54) is 6.26 Å². The van der Waals surface area contributed by atoms with Gasteiger partial charge in [-0.15, -0.1) is 0 Å². The van der Waals surface area contributed by atoms with Gasteiger partial charge in [0, 0.05) is 6.26 Å². The lowest BCUT2D eigenvalue weighted by Crippen LogP contribution is -2.18. The Morgan fingerprint density at radius 3 is 2.00 bits per heavy atom. The highest BCUT2D eigenvalue weighted by molar-refractivity contribution is 7.90. The number of sulfone groups is 1. The quantitative estimate of drug-likeness (QED) is 0.817. The molecule has 3 nitrogen and oxygen atoms in total. The average Bonchev–Trinajstić information content (AvgIpc) is 2.13. The fourth-order valence-corrected chi connectivity index (χ4v) is 1.76. The Hall–Kier alpha value is -0.870. The van der Waals surface area contributed by atoms with Gasteiger partial charge < -0.3 is 4.74 Å². The molecule has 0 saturated heterocycles. The van der Waals surface area contributed by atoms with Gasteiger partial charge in [0.05, 0.1) is 17.1 Å². The standard InChI is InChI=1S/C12H18O3S/c1-12(2,3)15-9-10-5-7-11(8-6-10)16(4,13)14/h5-8H,9H2,1-4H3. The summed E-state index contributed by atoms with van der Waals surface area (Å²) in [6.07, 6.45) is 1.20. The summed E-state index contributed by atoms with van der Waals surface area (Å²) in [5.74, 6) is 0. The fourth-order valence-electron chi connectivity index (χ4n) is 1.13. The molecule has 0 fully saturated rings. The van der Waals surface area contributed by atoms with E-state index in [0.717, 1.165) is 5.56 Å². The SMILES string of the molecule is CC(C)(C)OCc1ccc(S(C)(=O)=O)cc1. The molecule has 0 N–H and O–H groups in total. The summed E-state index contributed by atoms with van der Waals surface area (Å²) >= 11 is 0. The molecule has 0 spiro atoms. The Bertz CT molecular complexity index is 438. The summed E-state index contributed by atoms with van der Waals surface area (Å²) < 4.78 is 28.1. The van der Waals surface area contributed by atoms with Crippen LogP contribution in [-0.4, -0.2) is 20.3 Å². The van der Waals surface area contributed by atoms with Crippen molar-refractivity contribution in [3.8, 4) is 0 Å². The maximum absolute atomic E-state index is 11.2. The van der Waals surface area contributed by atoms with E-state index in [1.807, 2.05) is 20.8 Å². The van der Waals surface area contributed by atoms with Gasteiger partial charge in [-0.3, -0.25) is 0 Å². The van der Waals surface area contributed by atoms with E-state index < -0.39 is 9.84 Å². The molecule has 0 aliphatic rings. The summed E-state index contributed by atoms with van der Waals surface area (Å²) in [7, 11) is -3.10. The predicted molar refractivity (Wildman–Crippen MR) is 64.1 cm³/mol. The molecule has 0 heterocycles. The van der Waals surface area contributed by atoms with E-state index in [4.69, 9.17) is 4.74 Å². The molecule has 0 atom stereocenters. The molecule has 0 unspecified atom stereocenters. The predicted octanol–water partition coefficient (Wildman–Crippen LogP) is 2.41. The van der Waals surface area contributed by atoms with Gasteiger partial charge in [-0.1, -0.05) is 12.1 Å². The molecular weight excluding hydrogens is 224 g/mol. The highest BCUT2D eigenvalue weighted by Gasteiger charge is 2.11. The zero-order valence-corrected chi connectivity index (χ0v) is 11.0. The first-order valence-corrected chi connectivity index (χ1v) is 7.00. The first kappa shape index (κ1) is 13.2. The molecule has 0 saturated carbocycles. The second-order valence-electron chi connectivity index (χ2n) is 4.82. The third-order valence-electron chi connectivity index (χ3n) is 2.02. The molecule has 0 radical (unpaired) electrons. The van der Waals surface area contributed by atoms with E-state index in [9.17, 15) is 8.42 Å². The normalized spacial score (nSPS) is 12.8. The molecular formula is C12H18O3S. The van der Waals surface area contributed by atoms with Crippen molar-refractivity contribution in [1.29, 1.82) is 0 Å². The van der Waals surface area contributed by atoms with Gasteiger partial charge >= 0.3 is 0 Å². The van der Waals surface area contributed by atoms with Crippen LogP contribution in [0.2, 0.25) is 0 Å². The minimum Gasteiger partial charge on any atom is -0.371 e. The molecule has 0 amide bonds. The summed E-state index contributed by atoms with van der Waals surface area (Å²) in [5, 5.41) is 0. The first-order chi connectivity index (χ1) is 7.18. The van der Waals surface area contributed by atoms with Crippen LogP contribution in [0.15, 0.2) is 29.2 Å². The Balaban J connectivity index is 2.73. The lowest BCUT2D eigenvalue weighted by molar-refractivity contribution is -0.0149. The molecule has 0 aliphatic carbocycles. The van der Waals surface area contributed by atoms with Crippen molar-refractivity contribution in [3.63, 3.8) is 0 Å². The highest BCUT2D eigenvalue weighted by Crippen LogP contribution is 2.14. The van der Waals surface area contributed by atoms with Crippen molar-refractivity contribution in [3.05, 3.63) is 29.8 Å². The molecule has 0 aromatic heterocycles. The van der Waals surface area contributed by atoms with E-state index in [0.29, 0.717) is 11.5 Å². The van der Waals surface area contributed by atoms with Crippen LogP contribution in [0.3, 0.4) is 0 Å². The van der Waals surface area contributed by atoms with Crippen molar-refractivity contribution in [2.45, 2.75) is 37.9 Å². The van der Waals surface area contributed by atoms with Crippen LogP contribution >= 0.6 is 0 Å². The maximum atomic E-state index is 11.2. The van der Waals surface area contributed by atoms with Crippen LogP contribution in [0.4, 0.5) is 0 Å². The van der Waals surface area contributed by atoms with E-state index >= 15 is 0 Å². The lowest BCUT2D eigenvalue weighted by Gasteiger charge is -2.19. The summed E-state index contributed by atoms with van der Waals surface area (Å²) in [6, 6.07) is 6.78. The highest BCUT2D eigenvalue weighted by atomic mass is 32.2. The van der Waals surface area contributed by atoms with Crippen LogP contribution in [0, 0.1) is 0 Å². The van der Waals surface area contributed by atoms with Crippen molar-refractivity contribution in [2.75, 3.05) is 6.26 Å². The minimum absolute atomic E-state index is 0.185. The number of rotatable bonds is 3. The third kappa shape index (κ3) is 4.33. The summed E-state index contributed by atoms with van der Waals surface area (Å²) in [5.41, 5.74) is 0.789. The largest absolute Gasteiger partial charge is 0.371 e. The second kappa shape index (κ2) is 4.55. The van der Waals surface area contributed by atoms with Crippen molar-refractivity contribution in [1.82, 2.24) is 0 Å². The zero-order chi connectivity index (χ0) is 12.4. The molecule has 0 bridgehead atoms. The van der Waals surface area contributed by atoms with Gasteiger partial charge in [0.1, 0.15) is 0 Å². The van der Waals surface area contributed by atoms with Crippen LogP contribution in [0.5, 0.6) is 0 Å².